The standard InChI is InChI=1S/C20H19N3O3S/c24-20-17-6-1-2-7-19(17)27(25,26)23(14-15-8-11-21-12-9-15)18(20)13-16-5-3-4-10-22-16/h1-12,18,20,24H,13-14H2/t18-,20-/m1/s1. The highest BCUT2D eigenvalue weighted by Crippen LogP contribution is 2.38. The summed E-state index contributed by atoms with van der Waals surface area (Å²) in [6.45, 7) is 0.160. The smallest absolute Gasteiger partial charge is 0.244 e. The van der Waals surface area contributed by atoms with Gasteiger partial charge in [0.05, 0.1) is 17.0 Å². The highest BCUT2D eigenvalue weighted by molar-refractivity contribution is 7.89. The van der Waals surface area contributed by atoms with E-state index in [0.29, 0.717) is 12.0 Å². The number of aliphatic hydroxyl groups excluding tert-OH is 1. The number of fused-ring (bicyclic) bond motifs is 1. The van der Waals surface area contributed by atoms with Gasteiger partial charge in [-0.15, -0.1) is 0 Å². The predicted molar refractivity (Wildman–Crippen MR) is 100 cm³/mol. The molecule has 0 aliphatic carbocycles. The lowest BCUT2D eigenvalue weighted by Crippen LogP contribution is -2.48. The minimum absolute atomic E-state index is 0.156. The maximum Gasteiger partial charge on any atom is 0.244 e. The molecule has 0 saturated heterocycles. The Kier molecular flexibility index (Phi) is 4.73. The third-order valence-corrected chi connectivity index (χ3v) is 6.74. The first-order valence-corrected chi connectivity index (χ1v) is 10.1. The average molecular weight is 381 g/mol. The van der Waals surface area contributed by atoms with Crippen LogP contribution in [0, 0.1) is 0 Å². The molecule has 0 fully saturated rings. The first-order chi connectivity index (χ1) is 13.1. The lowest BCUT2D eigenvalue weighted by molar-refractivity contribution is 0.0764. The number of nitrogens with zero attached hydrogens (tertiary/aromatic N) is 3. The number of benzene rings is 1. The maximum absolute atomic E-state index is 13.3. The van der Waals surface area contributed by atoms with Crippen LogP contribution in [0.5, 0.6) is 0 Å². The fourth-order valence-electron chi connectivity index (χ4n) is 3.45. The van der Waals surface area contributed by atoms with Crippen molar-refractivity contribution in [2.75, 3.05) is 0 Å². The molecule has 0 bridgehead atoms. The van der Waals surface area contributed by atoms with E-state index in [1.807, 2.05) is 18.2 Å². The molecule has 2 aromatic heterocycles. The van der Waals surface area contributed by atoms with Crippen molar-refractivity contribution < 1.29 is 13.5 Å². The van der Waals surface area contributed by atoms with E-state index >= 15 is 0 Å². The molecule has 3 heterocycles. The SMILES string of the molecule is O=S1(=O)c2ccccc2[C@@H](O)[C@@H](Cc2ccccn2)N1Cc1ccncc1. The van der Waals surface area contributed by atoms with E-state index in [0.717, 1.165) is 11.3 Å². The Hall–Kier alpha value is -2.61. The summed E-state index contributed by atoms with van der Waals surface area (Å²) in [4.78, 5) is 8.45. The van der Waals surface area contributed by atoms with Gasteiger partial charge < -0.3 is 5.11 Å². The van der Waals surface area contributed by atoms with Crippen molar-refractivity contribution in [2.24, 2.45) is 0 Å². The van der Waals surface area contributed by atoms with Crippen molar-refractivity contribution in [1.82, 2.24) is 14.3 Å². The summed E-state index contributed by atoms with van der Waals surface area (Å²) in [5.41, 5.74) is 1.98. The second-order valence-electron chi connectivity index (χ2n) is 6.48. The molecule has 0 saturated carbocycles. The molecule has 0 radical (unpaired) electrons. The van der Waals surface area contributed by atoms with Gasteiger partial charge in [0.25, 0.3) is 0 Å². The minimum atomic E-state index is -3.76. The predicted octanol–water partition coefficient (Wildman–Crippen LogP) is 2.33. The maximum atomic E-state index is 13.3. The van der Waals surface area contributed by atoms with Gasteiger partial charge >= 0.3 is 0 Å². The van der Waals surface area contributed by atoms with Crippen LogP contribution in [0.4, 0.5) is 0 Å². The largest absolute Gasteiger partial charge is 0.387 e. The molecule has 6 nitrogen and oxygen atoms in total. The number of pyridine rings is 2. The molecule has 7 heteroatoms. The van der Waals surface area contributed by atoms with Crippen LogP contribution in [-0.2, 0) is 23.0 Å². The lowest BCUT2D eigenvalue weighted by atomic mass is 9.97. The Morgan fingerprint density at radius 3 is 2.44 bits per heavy atom. The van der Waals surface area contributed by atoms with E-state index in [2.05, 4.69) is 9.97 Å². The van der Waals surface area contributed by atoms with Gasteiger partial charge in [0.2, 0.25) is 10.0 Å². The zero-order valence-electron chi connectivity index (χ0n) is 14.5. The normalized spacial score (nSPS) is 21.5. The number of hydrogen-bond acceptors (Lipinski definition) is 5. The van der Waals surface area contributed by atoms with Gasteiger partial charge in [-0.2, -0.15) is 4.31 Å². The summed E-state index contributed by atoms with van der Waals surface area (Å²) >= 11 is 0. The van der Waals surface area contributed by atoms with Crippen molar-refractivity contribution in [3.8, 4) is 0 Å². The van der Waals surface area contributed by atoms with E-state index in [1.165, 1.54) is 4.31 Å². The quantitative estimate of drug-likeness (QED) is 0.750. The highest BCUT2D eigenvalue weighted by Gasteiger charge is 2.43. The van der Waals surface area contributed by atoms with Gasteiger partial charge in [-0.05, 0) is 35.9 Å². The van der Waals surface area contributed by atoms with Gasteiger partial charge in [0.15, 0.2) is 0 Å². The third kappa shape index (κ3) is 3.37. The van der Waals surface area contributed by atoms with Gasteiger partial charge in [-0.25, -0.2) is 8.42 Å². The average Bonchev–Trinajstić information content (AvgIpc) is 2.71. The van der Waals surface area contributed by atoms with Crippen LogP contribution in [0.25, 0.3) is 0 Å². The van der Waals surface area contributed by atoms with Gasteiger partial charge in [0, 0.05) is 42.8 Å². The van der Waals surface area contributed by atoms with Crippen molar-refractivity contribution in [2.45, 2.75) is 30.0 Å². The molecular weight excluding hydrogens is 362 g/mol. The first-order valence-electron chi connectivity index (χ1n) is 8.65. The second kappa shape index (κ2) is 7.19. The molecule has 1 aliphatic rings. The van der Waals surface area contributed by atoms with E-state index < -0.39 is 22.2 Å². The van der Waals surface area contributed by atoms with Crippen LogP contribution in [-0.4, -0.2) is 33.8 Å². The molecule has 1 aliphatic heterocycles. The number of rotatable bonds is 4. The van der Waals surface area contributed by atoms with E-state index in [4.69, 9.17) is 0 Å². The summed E-state index contributed by atoms with van der Waals surface area (Å²) in [7, 11) is -3.76. The van der Waals surface area contributed by atoms with E-state index in [9.17, 15) is 13.5 Å². The van der Waals surface area contributed by atoms with Crippen molar-refractivity contribution in [3.63, 3.8) is 0 Å². The molecule has 4 rings (SSSR count). The zero-order chi connectivity index (χ0) is 18.9. The fourth-order valence-corrected chi connectivity index (χ4v) is 5.30. The molecule has 3 aromatic rings. The Balaban J connectivity index is 1.80. The summed E-state index contributed by atoms with van der Waals surface area (Å²) < 4.78 is 28.0. The van der Waals surface area contributed by atoms with Crippen molar-refractivity contribution >= 4 is 10.0 Å². The second-order valence-corrected chi connectivity index (χ2v) is 8.34. The number of sulfonamides is 1. The number of aliphatic hydroxyl groups is 1. The first kappa shape index (κ1) is 17.8. The van der Waals surface area contributed by atoms with Gasteiger partial charge in [-0.3, -0.25) is 9.97 Å². The van der Waals surface area contributed by atoms with Crippen LogP contribution in [0.1, 0.15) is 22.9 Å². The monoisotopic (exact) mass is 381 g/mol. The topological polar surface area (TPSA) is 83.4 Å². The van der Waals surface area contributed by atoms with Crippen LogP contribution >= 0.6 is 0 Å². The molecule has 27 heavy (non-hydrogen) atoms. The minimum Gasteiger partial charge on any atom is -0.387 e. The number of aromatic nitrogens is 2. The summed E-state index contributed by atoms with van der Waals surface area (Å²) in [5.74, 6) is 0. The zero-order valence-corrected chi connectivity index (χ0v) is 15.3. The summed E-state index contributed by atoms with van der Waals surface area (Å²) in [5, 5.41) is 11.0. The van der Waals surface area contributed by atoms with Crippen LogP contribution in [0.2, 0.25) is 0 Å². The van der Waals surface area contributed by atoms with Crippen molar-refractivity contribution in [3.05, 3.63) is 90.0 Å². The molecule has 0 unspecified atom stereocenters. The van der Waals surface area contributed by atoms with E-state index in [-0.39, 0.29) is 11.4 Å². The lowest BCUT2D eigenvalue weighted by Gasteiger charge is -2.39. The third-order valence-electron chi connectivity index (χ3n) is 4.79. The summed E-state index contributed by atoms with van der Waals surface area (Å²) in [6.07, 6.45) is 4.31. The highest BCUT2D eigenvalue weighted by atomic mass is 32.2. The molecule has 2 atom stereocenters. The Morgan fingerprint density at radius 1 is 0.963 bits per heavy atom. The van der Waals surface area contributed by atoms with Gasteiger partial charge in [0.1, 0.15) is 0 Å². The van der Waals surface area contributed by atoms with Crippen LogP contribution in [0.15, 0.2) is 78.1 Å². The van der Waals surface area contributed by atoms with Crippen LogP contribution in [0.3, 0.4) is 0 Å². The summed E-state index contributed by atoms with van der Waals surface area (Å²) in [6, 6.07) is 15.0. The molecular formula is C20H19N3O3S. The molecule has 1 N–H and O–H groups in total. The molecule has 1 aromatic carbocycles. The van der Waals surface area contributed by atoms with E-state index in [1.54, 1.807) is 55.0 Å². The fraction of sp³-hybridized carbons (Fsp3) is 0.200. The molecule has 0 amide bonds. The van der Waals surface area contributed by atoms with Gasteiger partial charge in [-0.1, -0.05) is 24.3 Å². The number of hydrogen-bond donors (Lipinski definition) is 1. The molecule has 138 valence electrons. The Bertz CT molecular complexity index is 1030. The Morgan fingerprint density at radius 2 is 1.70 bits per heavy atom. The molecule has 0 spiro atoms. The van der Waals surface area contributed by atoms with Crippen LogP contribution < -0.4 is 0 Å². The Labute approximate surface area is 158 Å². The van der Waals surface area contributed by atoms with Crippen molar-refractivity contribution in [1.29, 1.82) is 0 Å².